The number of hydrogen-bond acceptors (Lipinski definition) is 8. The molecule has 6 N–H and O–H groups in total. The van der Waals surface area contributed by atoms with E-state index in [0.717, 1.165) is 44.9 Å². The van der Waals surface area contributed by atoms with Gasteiger partial charge in [-0.25, -0.2) is 0 Å². The first-order valence-electron chi connectivity index (χ1n) is 21.0. The highest BCUT2D eigenvalue weighted by molar-refractivity contribution is 5.76. The highest BCUT2D eigenvalue weighted by atomic mass is 16.7. The zero-order chi connectivity index (χ0) is 38.8. The molecule has 0 aromatic carbocycles. The van der Waals surface area contributed by atoms with Gasteiger partial charge in [-0.15, -0.1) is 0 Å². The van der Waals surface area contributed by atoms with Gasteiger partial charge >= 0.3 is 0 Å². The number of carbonyl (C=O) groups is 1. The van der Waals surface area contributed by atoms with Crippen LogP contribution < -0.4 is 5.32 Å². The molecule has 1 saturated heterocycles. The minimum atomic E-state index is -1.58. The Bertz CT molecular complexity index is 1010. The van der Waals surface area contributed by atoms with Gasteiger partial charge in [-0.05, 0) is 57.8 Å². The van der Waals surface area contributed by atoms with E-state index in [2.05, 4.69) is 67.8 Å². The monoisotopic (exact) mass is 748 g/mol. The number of ether oxygens (including phenoxy) is 2. The molecule has 9 nitrogen and oxygen atoms in total. The standard InChI is InChI=1S/C44H77NO8/c1-3-5-7-9-11-13-15-17-18-19-20-22-24-26-28-30-32-34-40(48)45-37(36-52-44-43(51)42(50)41(49)39(35-46)53-44)38(47)33-31-29-27-25-23-21-16-14-12-10-8-6-4-2/h11,13,17-18,20,22,26,28,31,33,37-39,41-44,46-47,49-51H,3-10,12,14-16,19,21,23-25,27,29-30,32,34-36H2,1-2H3,(H,45,48)/t37-,38+,39?,41-,42-,43?,44-/m0/s1. The van der Waals surface area contributed by atoms with Crippen LogP contribution in [-0.2, 0) is 14.3 Å². The maximum absolute atomic E-state index is 12.9. The summed E-state index contributed by atoms with van der Waals surface area (Å²) in [5.41, 5.74) is 0. The van der Waals surface area contributed by atoms with Gasteiger partial charge in [-0.2, -0.15) is 0 Å². The molecule has 1 amide bonds. The molecule has 53 heavy (non-hydrogen) atoms. The fraction of sp³-hybridized carbons (Fsp3) is 0.750. The van der Waals surface area contributed by atoms with Crippen LogP contribution in [0.1, 0.15) is 155 Å². The third-order valence-electron chi connectivity index (χ3n) is 9.59. The highest BCUT2D eigenvalue weighted by Crippen LogP contribution is 2.22. The molecule has 1 aliphatic heterocycles. The number of aliphatic hydroxyl groups is 5. The van der Waals surface area contributed by atoms with E-state index >= 15 is 0 Å². The van der Waals surface area contributed by atoms with Gasteiger partial charge in [0.25, 0.3) is 0 Å². The largest absolute Gasteiger partial charge is 0.394 e. The smallest absolute Gasteiger partial charge is 0.220 e. The summed E-state index contributed by atoms with van der Waals surface area (Å²) in [5, 5.41) is 54.0. The van der Waals surface area contributed by atoms with E-state index in [0.29, 0.717) is 6.42 Å². The fourth-order valence-corrected chi connectivity index (χ4v) is 6.15. The second-order valence-corrected chi connectivity index (χ2v) is 14.4. The number of nitrogens with one attached hydrogen (secondary N) is 1. The Balaban J connectivity index is 2.47. The lowest BCUT2D eigenvalue weighted by atomic mass is 9.99. The van der Waals surface area contributed by atoms with Crippen LogP contribution in [0.5, 0.6) is 0 Å². The molecule has 0 aromatic heterocycles. The lowest BCUT2D eigenvalue weighted by Crippen LogP contribution is -2.60. The van der Waals surface area contributed by atoms with Gasteiger partial charge in [0, 0.05) is 6.42 Å². The third-order valence-corrected chi connectivity index (χ3v) is 9.59. The lowest BCUT2D eigenvalue weighted by molar-refractivity contribution is -0.302. The average molecular weight is 748 g/mol. The van der Waals surface area contributed by atoms with Crippen LogP contribution in [0, 0.1) is 0 Å². The van der Waals surface area contributed by atoms with Crippen LogP contribution in [0.25, 0.3) is 0 Å². The number of allylic oxidation sites excluding steroid dienone is 9. The van der Waals surface area contributed by atoms with Crippen molar-refractivity contribution >= 4 is 5.91 Å². The van der Waals surface area contributed by atoms with Crippen molar-refractivity contribution in [2.45, 2.75) is 198 Å². The zero-order valence-corrected chi connectivity index (χ0v) is 33.2. The molecule has 306 valence electrons. The van der Waals surface area contributed by atoms with Crippen LogP contribution in [0.3, 0.4) is 0 Å². The van der Waals surface area contributed by atoms with Crippen molar-refractivity contribution in [1.29, 1.82) is 0 Å². The normalized spacial score (nSPS) is 22.3. The molecule has 0 aromatic rings. The van der Waals surface area contributed by atoms with E-state index in [1.807, 2.05) is 6.08 Å². The molecule has 1 fully saturated rings. The maximum atomic E-state index is 12.9. The molecular formula is C44H77NO8. The van der Waals surface area contributed by atoms with Crippen LogP contribution in [0.2, 0.25) is 0 Å². The second-order valence-electron chi connectivity index (χ2n) is 14.4. The lowest BCUT2D eigenvalue weighted by Gasteiger charge is -2.40. The van der Waals surface area contributed by atoms with E-state index in [-0.39, 0.29) is 18.9 Å². The Labute approximate surface area is 322 Å². The number of hydrogen-bond donors (Lipinski definition) is 6. The molecule has 1 rings (SSSR count). The first-order chi connectivity index (χ1) is 25.8. The molecule has 1 heterocycles. The number of amides is 1. The number of unbranched alkanes of at least 4 members (excludes halogenated alkanes) is 15. The summed E-state index contributed by atoms with van der Waals surface area (Å²) in [4.78, 5) is 12.9. The van der Waals surface area contributed by atoms with Crippen LogP contribution >= 0.6 is 0 Å². The predicted octanol–water partition coefficient (Wildman–Crippen LogP) is 8.05. The van der Waals surface area contributed by atoms with E-state index in [4.69, 9.17) is 9.47 Å². The quantitative estimate of drug-likeness (QED) is 0.0292. The summed E-state index contributed by atoms with van der Waals surface area (Å²) >= 11 is 0. The molecule has 1 aliphatic rings. The van der Waals surface area contributed by atoms with Crippen LogP contribution in [0.4, 0.5) is 0 Å². The molecular weight excluding hydrogens is 670 g/mol. The minimum absolute atomic E-state index is 0.213. The Morgan fingerprint density at radius 2 is 1.11 bits per heavy atom. The van der Waals surface area contributed by atoms with Gasteiger partial charge in [0.1, 0.15) is 24.4 Å². The summed E-state index contributed by atoms with van der Waals surface area (Å²) in [6.07, 6.45) is 36.9. The third kappa shape index (κ3) is 25.6. The Kier molecular flexibility index (Phi) is 31.7. The van der Waals surface area contributed by atoms with Gasteiger partial charge in [0.2, 0.25) is 5.91 Å². The number of rotatable bonds is 33. The number of carbonyl (C=O) groups excluding carboxylic acids is 1. The van der Waals surface area contributed by atoms with Crippen molar-refractivity contribution in [1.82, 2.24) is 5.32 Å². The summed E-state index contributed by atoms with van der Waals surface area (Å²) in [6.45, 7) is 3.68. The fourth-order valence-electron chi connectivity index (χ4n) is 6.15. The van der Waals surface area contributed by atoms with E-state index in [1.165, 1.54) is 83.5 Å². The molecule has 7 atom stereocenters. The topological polar surface area (TPSA) is 149 Å². The SMILES string of the molecule is CCCCCC=CCC=CCC=CCC=CCCCC(=O)N[C@@H](CO[C@H]1OC(CO)[C@H](O)[C@H](O)C1O)[C@H](O)C=CCCCCCCCCCCCCC. The number of aliphatic hydroxyl groups excluding tert-OH is 5. The van der Waals surface area contributed by atoms with Crippen molar-refractivity contribution < 1.29 is 39.8 Å². The van der Waals surface area contributed by atoms with Crippen LogP contribution in [0.15, 0.2) is 60.8 Å². The Morgan fingerprint density at radius 1 is 0.642 bits per heavy atom. The van der Waals surface area contributed by atoms with E-state index < -0.39 is 49.5 Å². The van der Waals surface area contributed by atoms with Gasteiger partial charge in [0.15, 0.2) is 6.29 Å². The molecule has 0 bridgehead atoms. The molecule has 0 saturated carbocycles. The summed E-state index contributed by atoms with van der Waals surface area (Å²) < 4.78 is 11.2. The molecule has 0 radical (unpaired) electrons. The average Bonchev–Trinajstić information content (AvgIpc) is 3.16. The van der Waals surface area contributed by atoms with Gasteiger partial charge in [-0.3, -0.25) is 4.79 Å². The maximum Gasteiger partial charge on any atom is 0.220 e. The first-order valence-corrected chi connectivity index (χ1v) is 21.0. The molecule has 0 spiro atoms. The Morgan fingerprint density at radius 3 is 1.68 bits per heavy atom. The van der Waals surface area contributed by atoms with E-state index in [9.17, 15) is 30.3 Å². The minimum Gasteiger partial charge on any atom is -0.394 e. The molecule has 0 aliphatic carbocycles. The molecule has 2 unspecified atom stereocenters. The predicted molar refractivity (Wildman–Crippen MR) is 216 cm³/mol. The highest BCUT2D eigenvalue weighted by Gasteiger charge is 2.44. The van der Waals surface area contributed by atoms with Crippen molar-refractivity contribution in [2.75, 3.05) is 13.2 Å². The van der Waals surface area contributed by atoms with Crippen LogP contribution in [-0.4, -0.2) is 87.5 Å². The van der Waals surface area contributed by atoms with Gasteiger partial charge < -0.3 is 40.3 Å². The van der Waals surface area contributed by atoms with Gasteiger partial charge in [0.05, 0.1) is 25.4 Å². The van der Waals surface area contributed by atoms with Crippen molar-refractivity contribution in [3.63, 3.8) is 0 Å². The second kappa shape index (κ2) is 34.4. The van der Waals surface area contributed by atoms with Crippen molar-refractivity contribution in [3.05, 3.63) is 60.8 Å². The zero-order valence-electron chi connectivity index (χ0n) is 33.2. The summed E-state index contributed by atoms with van der Waals surface area (Å²) in [7, 11) is 0. The van der Waals surface area contributed by atoms with Crippen molar-refractivity contribution in [2.24, 2.45) is 0 Å². The summed E-state index contributed by atoms with van der Waals surface area (Å²) in [5.74, 6) is -0.235. The van der Waals surface area contributed by atoms with Gasteiger partial charge in [-0.1, -0.05) is 152 Å². The first kappa shape index (κ1) is 48.9. The Hall–Kier alpha value is -2.11. The van der Waals surface area contributed by atoms with Crippen molar-refractivity contribution in [3.8, 4) is 0 Å². The molecule has 9 heteroatoms. The summed E-state index contributed by atoms with van der Waals surface area (Å²) in [6, 6.07) is -0.833. The van der Waals surface area contributed by atoms with E-state index in [1.54, 1.807) is 6.08 Å².